The minimum atomic E-state index is -0.863. The van der Waals surface area contributed by atoms with E-state index in [1.807, 2.05) is 6.92 Å². The van der Waals surface area contributed by atoms with Crippen LogP contribution in [0, 0.1) is 11.7 Å². The second-order valence-corrected chi connectivity index (χ2v) is 5.63. The van der Waals surface area contributed by atoms with E-state index in [1.54, 1.807) is 19.1 Å². The van der Waals surface area contributed by atoms with Crippen molar-refractivity contribution in [2.45, 2.75) is 19.9 Å². The molecule has 0 aliphatic heterocycles. The summed E-state index contributed by atoms with van der Waals surface area (Å²) >= 11 is 1.28. The summed E-state index contributed by atoms with van der Waals surface area (Å²) in [5.74, 6) is -1.20. The average Bonchev–Trinajstić information content (AvgIpc) is 2.39. The molecule has 1 amide bonds. The molecular formula is C14H18FNO3S. The molecule has 2 atom stereocenters. The third-order valence-electron chi connectivity index (χ3n) is 2.77. The van der Waals surface area contributed by atoms with Crippen LogP contribution in [0.4, 0.5) is 4.39 Å². The molecule has 20 heavy (non-hydrogen) atoms. The van der Waals surface area contributed by atoms with Gasteiger partial charge in [0.2, 0.25) is 5.91 Å². The van der Waals surface area contributed by atoms with Crippen LogP contribution in [0.1, 0.15) is 25.5 Å². The van der Waals surface area contributed by atoms with Crippen molar-refractivity contribution < 1.29 is 19.1 Å². The fraction of sp³-hybridized carbons (Fsp3) is 0.429. The van der Waals surface area contributed by atoms with Crippen molar-refractivity contribution in [3.63, 3.8) is 0 Å². The van der Waals surface area contributed by atoms with Gasteiger partial charge in [0.1, 0.15) is 5.82 Å². The average molecular weight is 299 g/mol. The van der Waals surface area contributed by atoms with Crippen molar-refractivity contribution in [2.75, 3.05) is 11.5 Å². The lowest BCUT2D eigenvalue weighted by Crippen LogP contribution is -2.28. The molecule has 0 fully saturated rings. The standard InChI is InChI=1S/C14H18FNO3S/c1-9(14(18)19)7-20-8-13(17)16-10(2)11-3-5-12(15)6-4-11/h3-6,9-10H,7-8H2,1-2H3,(H,16,17)(H,18,19). The highest BCUT2D eigenvalue weighted by Gasteiger charge is 2.13. The van der Waals surface area contributed by atoms with Crippen LogP contribution >= 0.6 is 11.8 Å². The van der Waals surface area contributed by atoms with Crippen LogP contribution in [0.5, 0.6) is 0 Å². The third-order valence-corrected chi connectivity index (χ3v) is 3.97. The molecular weight excluding hydrogens is 281 g/mol. The number of halogens is 1. The first-order valence-corrected chi connectivity index (χ1v) is 7.41. The molecule has 0 saturated carbocycles. The van der Waals surface area contributed by atoms with Gasteiger partial charge in [-0.2, -0.15) is 11.8 Å². The highest BCUT2D eigenvalue weighted by atomic mass is 32.2. The van der Waals surface area contributed by atoms with E-state index >= 15 is 0 Å². The maximum atomic E-state index is 12.8. The third kappa shape index (κ3) is 5.61. The Hall–Kier alpha value is -1.56. The molecule has 1 aromatic carbocycles. The number of thioether (sulfide) groups is 1. The molecule has 6 heteroatoms. The Bertz CT molecular complexity index is 464. The van der Waals surface area contributed by atoms with E-state index in [4.69, 9.17) is 5.11 Å². The van der Waals surface area contributed by atoms with Gasteiger partial charge in [0.25, 0.3) is 0 Å². The predicted octanol–water partition coefficient (Wildman–Crippen LogP) is 2.46. The second kappa shape index (κ2) is 7.89. The number of nitrogens with one attached hydrogen (secondary N) is 1. The van der Waals surface area contributed by atoms with E-state index in [9.17, 15) is 14.0 Å². The molecule has 2 N–H and O–H groups in total. The molecule has 0 aliphatic rings. The first-order valence-electron chi connectivity index (χ1n) is 6.25. The summed E-state index contributed by atoms with van der Waals surface area (Å²) in [5, 5.41) is 11.5. The summed E-state index contributed by atoms with van der Waals surface area (Å²) in [5.41, 5.74) is 0.823. The van der Waals surface area contributed by atoms with Gasteiger partial charge in [0.05, 0.1) is 17.7 Å². The molecule has 0 aliphatic carbocycles. The van der Waals surface area contributed by atoms with Crippen molar-refractivity contribution in [1.82, 2.24) is 5.32 Å². The molecule has 110 valence electrons. The van der Waals surface area contributed by atoms with Crippen LogP contribution in [0.3, 0.4) is 0 Å². The Morgan fingerprint density at radius 2 is 1.90 bits per heavy atom. The Balaban J connectivity index is 2.35. The summed E-state index contributed by atoms with van der Waals surface area (Å²) in [6.07, 6.45) is 0. The number of hydrogen-bond acceptors (Lipinski definition) is 3. The highest BCUT2D eigenvalue weighted by Crippen LogP contribution is 2.14. The zero-order valence-corrected chi connectivity index (χ0v) is 12.2. The molecule has 4 nitrogen and oxygen atoms in total. The smallest absolute Gasteiger partial charge is 0.307 e. The maximum Gasteiger partial charge on any atom is 0.307 e. The van der Waals surface area contributed by atoms with Gasteiger partial charge in [-0.3, -0.25) is 9.59 Å². The zero-order chi connectivity index (χ0) is 15.1. The monoisotopic (exact) mass is 299 g/mol. The molecule has 0 radical (unpaired) electrons. The predicted molar refractivity (Wildman–Crippen MR) is 77.1 cm³/mol. The number of hydrogen-bond donors (Lipinski definition) is 2. The number of aliphatic carboxylic acids is 1. The van der Waals surface area contributed by atoms with E-state index in [2.05, 4.69) is 5.32 Å². The lowest BCUT2D eigenvalue weighted by Gasteiger charge is -2.14. The van der Waals surface area contributed by atoms with Gasteiger partial charge in [-0.15, -0.1) is 0 Å². The van der Waals surface area contributed by atoms with Gasteiger partial charge in [0.15, 0.2) is 0 Å². The van der Waals surface area contributed by atoms with Crippen molar-refractivity contribution in [3.8, 4) is 0 Å². The first-order chi connectivity index (χ1) is 9.40. The Labute approximate surface area is 121 Å². The van der Waals surface area contributed by atoms with Crippen LogP contribution in [-0.2, 0) is 9.59 Å². The Kier molecular flexibility index (Phi) is 6.51. The molecule has 0 aromatic heterocycles. The number of benzene rings is 1. The minimum Gasteiger partial charge on any atom is -0.481 e. The summed E-state index contributed by atoms with van der Waals surface area (Å²) in [6.45, 7) is 3.42. The van der Waals surface area contributed by atoms with E-state index in [-0.39, 0.29) is 23.5 Å². The molecule has 0 bridgehead atoms. The van der Waals surface area contributed by atoms with Gasteiger partial charge >= 0.3 is 5.97 Å². The highest BCUT2D eigenvalue weighted by molar-refractivity contribution is 7.99. The van der Waals surface area contributed by atoms with Gasteiger partial charge in [-0.25, -0.2) is 4.39 Å². The first kappa shape index (κ1) is 16.5. The van der Waals surface area contributed by atoms with Crippen LogP contribution < -0.4 is 5.32 Å². The summed E-state index contributed by atoms with van der Waals surface area (Å²) in [6, 6.07) is 5.74. The number of rotatable bonds is 7. The zero-order valence-electron chi connectivity index (χ0n) is 11.4. The molecule has 0 heterocycles. The van der Waals surface area contributed by atoms with Crippen molar-refractivity contribution in [3.05, 3.63) is 35.6 Å². The van der Waals surface area contributed by atoms with Gasteiger partial charge in [0, 0.05) is 5.75 Å². The molecule has 0 spiro atoms. The largest absolute Gasteiger partial charge is 0.481 e. The fourth-order valence-corrected chi connectivity index (χ4v) is 2.40. The summed E-state index contributed by atoms with van der Waals surface area (Å²) in [7, 11) is 0. The summed E-state index contributed by atoms with van der Waals surface area (Å²) < 4.78 is 12.8. The van der Waals surface area contributed by atoms with E-state index in [1.165, 1.54) is 23.9 Å². The second-order valence-electron chi connectivity index (χ2n) is 4.60. The van der Waals surface area contributed by atoms with Crippen LogP contribution in [-0.4, -0.2) is 28.5 Å². The van der Waals surface area contributed by atoms with Gasteiger partial charge in [-0.05, 0) is 24.6 Å². The van der Waals surface area contributed by atoms with Crippen LogP contribution in [0.25, 0.3) is 0 Å². The Morgan fingerprint density at radius 1 is 1.30 bits per heavy atom. The normalized spacial score (nSPS) is 13.6. The van der Waals surface area contributed by atoms with Crippen molar-refractivity contribution >= 4 is 23.6 Å². The quantitative estimate of drug-likeness (QED) is 0.811. The van der Waals surface area contributed by atoms with Crippen LogP contribution in [0.2, 0.25) is 0 Å². The lowest BCUT2D eigenvalue weighted by atomic mass is 10.1. The number of carbonyl (C=O) groups is 2. The molecule has 2 unspecified atom stereocenters. The number of amides is 1. The molecule has 0 saturated heterocycles. The van der Waals surface area contributed by atoms with E-state index in [0.29, 0.717) is 5.75 Å². The lowest BCUT2D eigenvalue weighted by molar-refractivity contribution is -0.140. The summed E-state index contributed by atoms with van der Waals surface area (Å²) in [4.78, 5) is 22.3. The van der Waals surface area contributed by atoms with Crippen molar-refractivity contribution in [2.24, 2.45) is 5.92 Å². The van der Waals surface area contributed by atoms with Gasteiger partial charge in [-0.1, -0.05) is 19.1 Å². The van der Waals surface area contributed by atoms with E-state index < -0.39 is 11.9 Å². The van der Waals surface area contributed by atoms with Gasteiger partial charge < -0.3 is 10.4 Å². The molecule has 1 aromatic rings. The number of carboxylic acid groups (broad SMARTS) is 1. The fourth-order valence-electron chi connectivity index (χ4n) is 1.52. The SMILES string of the molecule is CC(CSCC(=O)NC(C)c1ccc(F)cc1)C(=O)O. The van der Waals surface area contributed by atoms with Crippen molar-refractivity contribution in [1.29, 1.82) is 0 Å². The minimum absolute atomic E-state index is 0.163. The number of carbonyl (C=O) groups excluding carboxylic acids is 1. The van der Waals surface area contributed by atoms with E-state index in [0.717, 1.165) is 5.56 Å². The molecule has 1 rings (SSSR count). The maximum absolute atomic E-state index is 12.8. The number of carboxylic acids is 1. The van der Waals surface area contributed by atoms with Crippen LogP contribution in [0.15, 0.2) is 24.3 Å². The Morgan fingerprint density at radius 3 is 2.45 bits per heavy atom. The topological polar surface area (TPSA) is 66.4 Å².